The Bertz CT molecular complexity index is 671. The van der Waals surface area contributed by atoms with Gasteiger partial charge in [0.2, 0.25) is 12.7 Å². The summed E-state index contributed by atoms with van der Waals surface area (Å²) >= 11 is -1.28. The highest BCUT2D eigenvalue weighted by molar-refractivity contribution is 7.91. The van der Waals surface area contributed by atoms with E-state index in [0.29, 0.717) is 12.0 Å². The Morgan fingerprint density at radius 3 is 2.57 bits per heavy atom. The van der Waals surface area contributed by atoms with E-state index in [2.05, 4.69) is 0 Å². The van der Waals surface area contributed by atoms with Gasteiger partial charge in [0.1, 0.15) is 17.2 Å². The molecule has 0 saturated carbocycles. The molecule has 0 aromatic carbocycles. The summed E-state index contributed by atoms with van der Waals surface area (Å²) in [6.07, 6.45) is -0.517. The van der Waals surface area contributed by atoms with Crippen LogP contribution in [0.4, 0.5) is 0 Å². The van der Waals surface area contributed by atoms with Crippen molar-refractivity contribution in [2.45, 2.75) is 46.3 Å². The van der Waals surface area contributed by atoms with Gasteiger partial charge in [-0.1, -0.05) is 0 Å². The molecular weight excluding hydrogens is 388 g/mol. The van der Waals surface area contributed by atoms with Gasteiger partial charge in [0.15, 0.2) is 0 Å². The Kier molecular flexibility index (Phi) is 7.13. The number of carbonyl (C=O) groups excluding carboxylic acids is 3. The number of nitrogens with zero attached hydrogens (tertiary/aromatic N) is 1. The molecule has 0 aromatic heterocycles. The van der Waals surface area contributed by atoms with Crippen molar-refractivity contribution >= 4 is 29.0 Å². The first-order valence-electron chi connectivity index (χ1n) is 9.11. The van der Waals surface area contributed by atoms with Gasteiger partial charge in [-0.2, -0.15) is 0 Å². The van der Waals surface area contributed by atoms with Gasteiger partial charge in [-0.05, 0) is 45.3 Å². The highest BCUT2D eigenvalue weighted by atomic mass is 32.2. The van der Waals surface area contributed by atoms with Crippen molar-refractivity contribution in [3.05, 3.63) is 11.3 Å². The predicted octanol–water partition coefficient (Wildman–Crippen LogP) is -0.351. The molecule has 10 heteroatoms. The minimum Gasteiger partial charge on any atom is -0.616 e. The first-order valence-corrected chi connectivity index (χ1v) is 10.6. The zero-order chi connectivity index (χ0) is 21.2. The smallest absolute Gasteiger partial charge is 0.358 e. The lowest BCUT2D eigenvalue weighted by Crippen LogP contribution is -2.61. The predicted molar refractivity (Wildman–Crippen MR) is 101 cm³/mol. The van der Waals surface area contributed by atoms with Gasteiger partial charge in [-0.15, -0.1) is 0 Å². The molecule has 2 aliphatic heterocycles. The Labute approximate surface area is 167 Å². The summed E-state index contributed by atoms with van der Waals surface area (Å²) in [5.74, 6) is -1.97. The Morgan fingerprint density at radius 2 is 2.04 bits per heavy atom. The van der Waals surface area contributed by atoms with Crippen molar-refractivity contribution in [1.82, 2.24) is 4.90 Å². The maximum absolute atomic E-state index is 12.6. The zero-order valence-electron chi connectivity index (χ0n) is 16.6. The van der Waals surface area contributed by atoms with E-state index >= 15 is 0 Å². The van der Waals surface area contributed by atoms with Crippen molar-refractivity contribution in [1.29, 1.82) is 0 Å². The molecule has 0 aromatic rings. The van der Waals surface area contributed by atoms with Crippen molar-refractivity contribution in [2.75, 3.05) is 24.8 Å². The molecule has 0 radical (unpaired) electrons. The lowest BCUT2D eigenvalue weighted by Gasteiger charge is -2.44. The number of hydrogen-bond donors (Lipinski definition) is 2. The van der Waals surface area contributed by atoms with Crippen LogP contribution in [-0.4, -0.2) is 69.4 Å². The van der Waals surface area contributed by atoms with Gasteiger partial charge in [-0.25, -0.2) is 4.79 Å². The largest absolute Gasteiger partial charge is 0.616 e. The number of hydrogen-bond acceptors (Lipinski definition) is 8. The van der Waals surface area contributed by atoms with Gasteiger partial charge in [0.05, 0.1) is 23.5 Å². The van der Waals surface area contributed by atoms with E-state index in [1.54, 1.807) is 20.8 Å². The van der Waals surface area contributed by atoms with E-state index in [1.807, 2.05) is 0 Å². The molecule has 1 fully saturated rings. The normalized spacial score (nSPS) is 23.8. The molecule has 9 nitrogen and oxygen atoms in total. The summed E-state index contributed by atoms with van der Waals surface area (Å²) in [5, 5.41) is 9.83. The first-order chi connectivity index (χ1) is 13.0. The van der Waals surface area contributed by atoms with Crippen LogP contribution in [0.2, 0.25) is 0 Å². The molecule has 2 rings (SSSR count). The second-order valence-corrected chi connectivity index (χ2v) is 9.58. The molecule has 4 atom stereocenters. The molecular formula is C18H28N2O7S. The van der Waals surface area contributed by atoms with Crippen LogP contribution < -0.4 is 5.73 Å². The average Bonchev–Trinajstić information content (AvgIpc) is 2.87. The monoisotopic (exact) mass is 416 g/mol. The van der Waals surface area contributed by atoms with Gasteiger partial charge in [-0.3, -0.25) is 9.59 Å². The summed E-state index contributed by atoms with van der Waals surface area (Å²) in [7, 11) is 0. The first kappa shape index (κ1) is 22.7. The molecule has 0 aliphatic carbocycles. The van der Waals surface area contributed by atoms with E-state index < -0.39 is 47.3 Å². The zero-order valence-corrected chi connectivity index (χ0v) is 17.4. The van der Waals surface area contributed by atoms with Gasteiger partial charge < -0.3 is 29.8 Å². The maximum atomic E-state index is 12.6. The second-order valence-electron chi connectivity index (χ2n) is 8.01. The Hall–Kier alpha value is -1.62. The summed E-state index contributed by atoms with van der Waals surface area (Å²) in [5.41, 5.74) is 5.25. The van der Waals surface area contributed by atoms with Crippen LogP contribution in [0, 0.1) is 11.3 Å². The summed E-state index contributed by atoms with van der Waals surface area (Å²) in [4.78, 5) is 38.1. The highest BCUT2D eigenvalue weighted by Crippen LogP contribution is 2.44. The lowest BCUT2D eigenvalue weighted by molar-refractivity contribution is -0.175. The van der Waals surface area contributed by atoms with Crippen LogP contribution in [0.15, 0.2) is 11.3 Å². The summed E-state index contributed by atoms with van der Waals surface area (Å²) in [6, 6.07) is -0.364. The standard InChI is InChI=1S/C18H28N2O7S/c1-10(21)13-12-7-11(8-28(25)6-5-19)14(20(12)15(13)22)16(23)26-9-27-17(24)18(2,3)4/h10,12-13,21H,5-9,19H2,1-4H3. The highest BCUT2D eigenvalue weighted by Gasteiger charge is 2.57. The second kappa shape index (κ2) is 8.81. The number of aliphatic hydroxyl groups excluding tert-OH is 1. The van der Waals surface area contributed by atoms with Crippen LogP contribution in [0.3, 0.4) is 0 Å². The van der Waals surface area contributed by atoms with Crippen molar-refractivity contribution in [2.24, 2.45) is 17.1 Å². The summed E-state index contributed by atoms with van der Waals surface area (Å²) in [6.45, 7) is 6.19. The van der Waals surface area contributed by atoms with Crippen LogP contribution in [0.5, 0.6) is 0 Å². The summed E-state index contributed by atoms with van der Waals surface area (Å²) < 4.78 is 22.1. The van der Waals surface area contributed by atoms with E-state index in [4.69, 9.17) is 15.2 Å². The Balaban J connectivity index is 2.12. The van der Waals surface area contributed by atoms with Crippen LogP contribution in [0.25, 0.3) is 0 Å². The number of amides is 1. The number of β-lactam (4-membered cyclic amide) rings is 1. The van der Waals surface area contributed by atoms with Crippen molar-refractivity contribution in [3.8, 4) is 0 Å². The molecule has 1 saturated heterocycles. The molecule has 28 heavy (non-hydrogen) atoms. The number of nitrogens with two attached hydrogens (primary N) is 1. The minimum absolute atomic E-state index is 0.0316. The molecule has 3 N–H and O–H groups in total. The van der Waals surface area contributed by atoms with Crippen LogP contribution in [-0.2, 0) is 35.0 Å². The third kappa shape index (κ3) is 4.68. The quantitative estimate of drug-likeness (QED) is 0.237. The van der Waals surface area contributed by atoms with E-state index in [1.165, 1.54) is 11.8 Å². The van der Waals surface area contributed by atoms with E-state index in [-0.39, 0.29) is 35.7 Å². The molecule has 158 valence electrons. The minimum atomic E-state index is -1.28. The Morgan fingerprint density at radius 1 is 1.39 bits per heavy atom. The molecule has 0 bridgehead atoms. The van der Waals surface area contributed by atoms with Gasteiger partial charge >= 0.3 is 11.9 Å². The number of carbonyl (C=O) groups is 3. The number of aliphatic hydroxyl groups is 1. The fourth-order valence-electron chi connectivity index (χ4n) is 3.30. The molecule has 1 amide bonds. The molecule has 2 heterocycles. The van der Waals surface area contributed by atoms with Crippen molar-refractivity contribution < 1.29 is 33.5 Å². The van der Waals surface area contributed by atoms with Gasteiger partial charge in [0.25, 0.3) is 0 Å². The third-order valence-electron chi connectivity index (χ3n) is 4.69. The topological polar surface area (TPSA) is 142 Å². The third-order valence-corrected chi connectivity index (χ3v) is 6.05. The van der Waals surface area contributed by atoms with Crippen LogP contribution >= 0.6 is 0 Å². The molecule has 0 spiro atoms. The fraction of sp³-hybridized carbons (Fsp3) is 0.722. The molecule has 2 aliphatic rings. The lowest BCUT2D eigenvalue weighted by atomic mass is 9.83. The van der Waals surface area contributed by atoms with Gasteiger partial charge in [0, 0.05) is 12.1 Å². The average molecular weight is 416 g/mol. The number of fused-ring (bicyclic) bond motifs is 1. The number of ether oxygens (including phenoxy) is 2. The maximum Gasteiger partial charge on any atom is 0.358 e. The van der Waals surface area contributed by atoms with E-state index in [9.17, 15) is 24.0 Å². The van der Waals surface area contributed by atoms with Crippen LogP contribution in [0.1, 0.15) is 34.1 Å². The molecule has 4 unspecified atom stereocenters. The SMILES string of the molecule is CC(O)C1C(=O)N2C(C(=O)OCOC(=O)C(C)(C)C)=C(C[S+]([O-])CCN)CC12. The van der Waals surface area contributed by atoms with Crippen molar-refractivity contribution in [3.63, 3.8) is 0 Å². The fourth-order valence-corrected chi connectivity index (χ4v) is 4.35. The number of rotatable bonds is 8. The number of esters is 2. The van der Waals surface area contributed by atoms with E-state index in [0.717, 1.165) is 0 Å².